The maximum Gasteiger partial charge on any atom is 0.416 e. The number of halogens is 7. The summed E-state index contributed by atoms with van der Waals surface area (Å²) in [5, 5.41) is 10.3. The molecule has 1 aliphatic heterocycles. The van der Waals surface area contributed by atoms with Crippen LogP contribution in [0.1, 0.15) is 65.9 Å². The van der Waals surface area contributed by atoms with E-state index in [1.807, 2.05) is 25.1 Å². The third-order valence-corrected chi connectivity index (χ3v) is 8.52. The molecule has 0 amide bonds. The minimum Gasteiger partial charge on any atom is -0.440 e. The topological polar surface area (TPSA) is 75.5 Å². The monoisotopic (exact) mass is 705 g/mol. The molecule has 0 spiro atoms. The molecule has 0 fully saturated rings. The van der Waals surface area contributed by atoms with Crippen LogP contribution in [0.2, 0.25) is 0 Å². The molecule has 13 heteroatoms. The van der Waals surface area contributed by atoms with Crippen LogP contribution < -0.4 is 4.90 Å². The van der Waals surface area contributed by atoms with Crippen LogP contribution in [0.3, 0.4) is 0 Å². The number of aryl methyl sites for hydroxylation is 2. The van der Waals surface area contributed by atoms with Crippen LogP contribution in [0.15, 0.2) is 75.6 Å². The van der Waals surface area contributed by atoms with Crippen molar-refractivity contribution >= 4 is 17.3 Å². The Morgan fingerprint density at radius 2 is 1.20 bits per heavy atom. The molecular formula is C36H34ClF6N3O3. The van der Waals surface area contributed by atoms with E-state index >= 15 is 0 Å². The fourth-order valence-corrected chi connectivity index (χ4v) is 5.70. The van der Waals surface area contributed by atoms with Crippen LogP contribution in [0.5, 0.6) is 0 Å². The zero-order chi connectivity index (χ0) is 35.9. The van der Waals surface area contributed by atoms with Crippen molar-refractivity contribution in [3.8, 4) is 22.9 Å². The summed E-state index contributed by atoms with van der Waals surface area (Å²) in [5.74, 6) is 1.97. The SMILES string of the molecule is Cc1nc(-c2ccc(C(F)(F)F)cc2)oc1CCl.Cc1nc(-c2ccc(C(F)(F)F)cc2)oc1CN1c2ccc(C(C)(C)O)cc2CC1C. The van der Waals surface area contributed by atoms with Gasteiger partial charge in [0, 0.05) is 22.9 Å². The normalized spacial score (nSPS) is 14.9. The molecule has 1 N–H and O–H groups in total. The number of nitrogens with zero attached hydrogens (tertiary/aromatic N) is 3. The Bertz CT molecular complexity index is 1910. The van der Waals surface area contributed by atoms with Crippen LogP contribution in [0.25, 0.3) is 22.9 Å². The molecule has 0 saturated heterocycles. The summed E-state index contributed by atoms with van der Waals surface area (Å²) in [6.07, 6.45) is -7.86. The zero-order valence-electron chi connectivity index (χ0n) is 27.3. The quantitative estimate of drug-likeness (QED) is 0.140. The molecule has 3 heterocycles. The minimum atomic E-state index is -4.37. The van der Waals surface area contributed by atoms with E-state index in [1.165, 1.54) is 29.8 Å². The fourth-order valence-electron chi connectivity index (χ4n) is 5.45. The second kappa shape index (κ2) is 13.5. The van der Waals surface area contributed by atoms with Crippen LogP contribution in [-0.2, 0) is 36.8 Å². The molecule has 0 radical (unpaired) electrons. The first-order chi connectivity index (χ1) is 22.8. The predicted molar refractivity (Wildman–Crippen MR) is 174 cm³/mol. The number of anilines is 1. The number of fused-ring (bicyclic) bond motifs is 1. The Hall–Kier alpha value is -4.29. The van der Waals surface area contributed by atoms with Gasteiger partial charge in [-0.2, -0.15) is 26.3 Å². The average molecular weight is 706 g/mol. The molecule has 49 heavy (non-hydrogen) atoms. The highest BCUT2D eigenvalue weighted by Gasteiger charge is 2.32. The second-order valence-corrected chi connectivity index (χ2v) is 12.7. The molecule has 1 unspecified atom stereocenters. The highest BCUT2D eigenvalue weighted by Crippen LogP contribution is 2.38. The van der Waals surface area contributed by atoms with Crippen molar-refractivity contribution in [2.24, 2.45) is 0 Å². The molecule has 0 bridgehead atoms. The molecule has 1 aliphatic rings. The van der Waals surface area contributed by atoms with Gasteiger partial charge in [-0.25, -0.2) is 9.97 Å². The summed E-state index contributed by atoms with van der Waals surface area (Å²) in [7, 11) is 0. The van der Waals surface area contributed by atoms with Crippen molar-refractivity contribution in [2.75, 3.05) is 4.90 Å². The molecule has 1 atom stereocenters. The first kappa shape index (κ1) is 36.0. The first-order valence-electron chi connectivity index (χ1n) is 15.3. The first-order valence-corrected chi connectivity index (χ1v) is 15.8. The highest BCUT2D eigenvalue weighted by molar-refractivity contribution is 6.16. The molecule has 260 valence electrons. The van der Waals surface area contributed by atoms with E-state index in [2.05, 4.69) is 21.8 Å². The summed E-state index contributed by atoms with van der Waals surface area (Å²) in [6.45, 7) is 9.75. The molecule has 5 aromatic rings. The van der Waals surface area contributed by atoms with Crippen LogP contribution in [0.4, 0.5) is 32.0 Å². The number of oxazole rings is 2. The Morgan fingerprint density at radius 1 is 0.755 bits per heavy atom. The molecule has 3 aromatic carbocycles. The van der Waals surface area contributed by atoms with Gasteiger partial charge in [0.25, 0.3) is 0 Å². The summed E-state index contributed by atoms with van der Waals surface area (Å²) >= 11 is 5.64. The lowest BCUT2D eigenvalue weighted by Gasteiger charge is -2.24. The van der Waals surface area contributed by atoms with Crippen molar-refractivity contribution < 1.29 is 40.3 Å². The van der Waals surface area contributed by atoms with Gasteiger partial charge in [0.15, 0.2) is 0 Å². The predicted octanol–water partition coefficient (Wildman–Crippen LogP) is 10.3. The van der Waals surface area contributed by atoms with Gasteiger partial charge in [-0.3, -0.25) is 0 Å². The molecular weight excluding hydrogens is 672 g/mol. The third-order valence-electron chi connectivity index (χ3n) is 8.28. The van der Waals surface area contributed by atoms with E-state index in [9.17, 15) is 31.4 Å². The highest BCUT2D eigenvalue weighted by atomic mass is 35.5. The molecule has 0 aliphatic carbocycles. The minimum absolute atomic E-state index is 0.180. The number of hydrogen-bond donors (Lipinski definition) is 1. The van der Waals surface area contributed by atoms with E-state index in [1.54, 1.807) is 20.8 Å². The average Bonchev–Trinajstić information content (AvgIpc) is 3.70. The van der Waals surface area contributed by atoms with Crippen LogP contribution >= 0.6 is 11.6 Å². The third kappa shape index (κ3) is 8.13. The van der Waals surface area contributed by atoms with E-state index in [0.29, 0.717) is 46.5 Å². The number of aromatic nitrogens is 2. The summed E-state index contributed by atoms with van der Waals surface area (Å²) in [6, 6.07) is 15.7. The summed E-state index contributed by atoms with van der Waals surface area (Å²) < 4.78 is 86.9. The van der Waals surface area contributed by atoms with Crippen LogP contribution in [0, 0.1) is 13.8 Å². The van der Waals surface area contributed by atoms with Gasteiger partial charge in [-0.15, -0.1) is 11.6 Å². The van der Waals surface area contributed by atoms with Gasteiger partial charge in [-0.05, 0) is 107 Å². The van der Waals surface area contributed by atoms with Gasteiger partial charge in [-0.1, -0.05) is 12.1 Å². The van der Waals surface area contributed by atoms with E-state index in [-0.39, 0.29) is 17.8 Å². The van der Waals surface area contributed by atoms with Gasteiger partial charge in [0.1, 0.15) is 11.5 Å². The maximum absolute atomic E-state index is 12.8. The Kier molecular flexibility index (Phi) is 9.96. The van der Waals surface area contributed by atoms with Crippen molar-refractivity contribution in [1.82, 2.24) is 9.97 Å². The Labute approximate surface area is 284 Å². The molecule has 6 nitrogen and oxygen atoms in total. The number of aliphatic hydroxyl groups is 1. The van der Waals surface area contributed by atoms with Crippen molar-refractivity contribution in [3.05, 3.63) is 112 Å². The zero-order valence-corrected chi connectivity index (χ0v) is 28.1. The standard InChI is InChI=1S/C24H25F3N2O2.C12H9ClF3NO/c1-14-11-17-12-19(23(3,4)30)9-10-20(17)29(14)13-21-15(2)28-22(31-21)16-5-7-18(8-6-16)24(25,26)27;1-7-10(6-13)18-11(17-7)8-2-4-9(5-3-8)12(14,15)16/h5-10,12,14,30H,11,13H2,1-4H3;2-5H,6H2,1H3. The smallest absolute Gasteiger partial charge is 0.416 e. The second-order valence-electron chi connectivity index (χ2n) is 12.4. The fraction of sp³-hybridized carbons (Fsp3) is 0.333. The lowest BCUT2D eigenvalue weighted by molar-refractivity contribution is -0.138. The lowest BCUT2D eigenvalue weighted by Crippen LogP contribution is -2.28. The van der Waals surface area contributed by atoms with Gasteiger partial charge in [0.05, 0.1) is 40.5 Å². The largest absolute Gasteiger partial charge is 0.440 e. The number of benzene rings is 3. The summed E-state index contributed by atoms with van der Waals surface area (Å²) in [4.78, 5) is 10.8. The van der Waals surface area contributed by atoms with E-state index < -0.39 is 29.1 Å². The maximum atomic E-state index is 12.8. The van der Waals surface area contributed by atoms with Gasteiger partial charge in [0.2, 0.25) is 11.8 Å². The number of hydrogen-bond acceptors (Lipinski definition) is 6. The Balaban J connectivity index is 0.000000221. The van der Waals surface area contributed by atoms with Crippen molar-refractivity contribution in [2.45, 2.75) is 77.5 Å². The molecule has 6 rings (SSSR count). The van der Waals surface area contributed by atoms with E-state index in [0.717, 1.165) is 41.9 Å². The van der Waals surface area contributed by atoms with Crippen LogP contribution in [-0.4, -0.2) is 21.1 Å². The van der Waals surface area contributed by atoms with Crippen molar-refractivity contribution in [3.63, 3.8) is 0 Å². The Morgan fingerprint density at radius 3 is 1.63 bits per heavy atom. The number of rotatable bonds is 6. The molecule has 2 aromatic heterocycles. The van der Waals surface area contributed by atoms with Crippen molar-refractivity contribution in [1.29, 1.82) is 0 Å². The lowest BCUT2D eigenvalue weighted by atomic mass is 9.95. The summed E-state index contributed by atoms with van der Waals surface area (Å²) in [5.41, 5.74) is 3.18. The van der Waals surface area contributed by atoms with E-state index in [4.69, 9.17) is 20.4 Å². The van der Waals surface area contributed by atoms with Gasteiger partial charge < -0.3 is 18.8 Å². The number of alkyl halides is 7. The molecule has 0 saturated carbocycles. The van der Waals surface area contributed by atoms with Gasteiger partial charge >= 0.3 is 12.4 Å².